The van der Waals surface area contributed by atoms with Gasteiger partial charge in [0.2, 0.25) is 0 Å². The zero-order valence-corrected chi connectivity index (χ0v) is 34.7. The van der Waals surface area contributed by atoms with Crippen LogP contribution in [0.2, 0.25) is 0 Å². The molecule has 0 spiro atoms. The van der Waals surface area contributed by atoms with Crippen molar-refractivity contribution in [1.82, 2.24) is 15.0 Å². The lowest BCUT2D eigenvalue weighted by atomic mass is 9.67. The first-order valence-corrected chi connectivity index (χ1v) is 22.1. The van der Waals surface area contributed by atoms with Crippen LogP contribution in [0, 0.1) is 0 Å². The van der Waals surface area contributed by atoms with Gasteiger partial charge in [0, 0.05) is 47.6 Å². The molecule has 5 heteroatoms. The highest BCUT2D eigenvalue weighted by Crippen LogP contribution is 2.56. The molecule has 9 aromatic carbocycles. The molecule has 1 aliphatic carbocycles. The van der Waals surface area contributed by atoms with Gasteiger partial charge in [-0.25, -0.2) is 15.0 Å². The van der Waals surface area contributed by atoms with E-state index in [1.165, 1.54) is 59.1 Å². The van der Waals surface area contributed by atoms with Crippen molar-refractivity contribution in [2.24, 2.45) is 0 Å². The first-order valence-electron chi connectivity index (χ1n) is 21.2. The van der Waals surface area contributed by atoms with E-state index in [0.717, 1.165) is 44.2 Å². The van der Waals surface area contributed by atoms with Crippen molar-refractivity contribution in [2.45, 2.75) is 5.41 Å². The predicted molar refractivity (Wildman–Crippen MR) is 259 cm³/mol. The summed E-state index contributed by atoms with van der Waals surface area (Å²) < 4.78 is 8.98. The van der Waals surface area contributed by atoms with Gasteiger partial charge in [0.25, 0.3) is 0 Å². The van der Waals surface area contributed by atoms with Crippen LogP contribution in [0.4, 0.5) is 0 Å². The molecule has 3 aromatic heterocycles. The monoisotopic (exact) mass is 821 g/mol. The van der Waals surface area contributed by atoms with Crippen molar-refractivity contribution in [1.29, 1.82) is 0 Å². The molecule has 0 bridgehead atoms. The number of fused-ring (bicyclic) bond motifs is 9. The van der Waals surface area contributed by atoms with Gasteiger partial charge in [-0.05, 0) is 87.0 Å². The largest absolute Gasteiger partial charge is 0.456 e. The molecule has 0 saturated heterocycles. The van der Waals surface area contributed by atoms with E-state index >= 15 is 0 Å². The summed E-state index contributed by atoms with van der Waals surface area (Å²) in [5.41, 5.74) is 13.9. The van der Waals surface area contributed by atoms with Crippen molar-refractivity contribution >= 4 is 53.4 Å². The van der Waals surface area contributed by atoms with Crippen molar-refractivity contribution in [3.63, 3.8) is 0 Å². The fourth-order valence-corrected chi connectivity index (χ4v) is 11.0. The van der Waals surface area contributed by atoms with Crippen molar-refractivity contribution in [3.05, 3.63) is 235 Å². The normalized spacial score (nSPS) is 12.9. The lowest BCUT2D eigenvalue weighted by Gasteiger charge is -2.34. The molecule has 0 fully saturated rings. The molecule has 0 unspecified atom stereocenters. The van der Waals surface area contributed by atoms with Crippen LogP contribution in [0.25, 0.3) is 98.5 Å². The van der Waals surface area contributed by atoms with Crippen LogP contribution in [-0.4, -0.2) is 15.0 Å². The quantitative estimate of drug-likeness (QED) is 0.168. The van der Waals surface area contributed by atoms with Gasteiger partial charge >= 0.3 is 0 Å². The van der Waals surface area contributed by atoms with Gasteiger partial charge < -0.3 is 4.42 Å². The highest BCUT2D eigenvalue weighted by Gasteiger charge is 2.46. The number of para-hydroxylation sites is 1. The van der Waals surface area contributed by atoms with E-state index in [4.69, 9.17) is 19.4 Å². The fourth-order valence-electron chi connectivity index (χ4n) is 9.93. The lowest BCUT2D eigenvalue weighted by Crippen LogP contribution is -2.28. The van der Waals surface area contributed by atoms with E-state index in [1.807, 2.05) is 78.1 Å². The molecule has 13 rings (SSSR count). The summed E-state index contributed by atoms with van der Waals surface area (Å²) in [6, 6.07) is 75.9. The molecule has 0 saturated carbocycles. The van der Waals surface area contributed by atoms with Crippen molar-refractivity contribution in [2.75, 3.05) is 0 Å². The van der Waals surface area contributed by atoms with Gasteiger partial charge in [-0.2, -0.15) is 0 Å². The molecule has 0 atom stereocenters. The topological polar surface area (TPSA) is 51.8 Å². The van der Waals surface area contributed by atoms with Gasteiger partial charge in [0.1, 0.15) is 11.2 Å². The minimum atomic E-state index is -0.543. The smallest absolute Gasteiger partial charge is 0.164 e. The zero-order valence-electron chi connectivity index (χ0n) is 33.9. The Morgan fingerprint density at radius 3 is 1.48 bits per heavy atom. The van der Waals surface area contributed by atoms with Crippen molar-refractivity contribution in [3.8, 4) is 56.4 Å². The van der Waals surface area contributed by atoms with Crippen LogP contribution in [0.1, 0.15) is 22.3 Å². The fraction of sp³-hybridized carbons (Fsp3) is 0.0172. The maximum atomic E-state index is 6.52. The van der Waals surface area contributed by atoms with E-state index in [1.54, 1.807) is 0 Å². The van der Waals surface area contributed by atoms with Crippen LogP contribution >= 0.6 is 11.3 Å². The Balaban J connectivity index is 0.933. The Hall–Kier alpha value is -7.99. The molecule has 0 N–H and O–H groups in total. The first kappa shape index (κ1) is 35.7. The third kappa shape index (κ3) is 5.57. The van der Waals surface area contributed by atoms with Gasteiger partial charge in [-0.15, -0.1) is 11.3 Å². The summed E-state index contributed by atoms with van der Waals surface area (Å²) in [6.07, 6.45) is 0. The minimum absolute atomic E-state index is 0.543. The van der Waals surface area contributed by atoms with Crippen LogP contribution < -0.4 is 0 Å². The minimum Gasteiger partial charge on any atom is -0.456 e. The highest BCUT2D eigenvalue weighted by atomic mass is 32.1. The lowest BCUT2D eigenvalue weighted by molar-refractivity contribution is 0.665. The zero-order chi connectivity index (χ0) is 41.5. The molecular weight excluding hydrogens is 787 g/mol. The molecule has 0 amide bonds. The average molecular weight is 822 g/mol. The molecule has 0 radical (unpaired) electrons. The number of furan rings is 1. The van der Waals surface area contributed by atoms with Crippen LogP contribution in [0.3, 0.4) is 0 Å². The molecule has 0 aliphatic heterocycles. The third-order valence-electron chi connectivity index (χ3n) is 12.8. The number of aromatic nitrogens is 3. The number of hydrogen-bond acceptors (Lipinski definition) is 5. The summed E-state index contributed by atoms with van der Waals surface area (Å²) in [7, 11) is 0. The Morgan fingerprint density at radius 1 is 0.333 bits per heavy atom. The van der Waals surface area contributed by atoms with Crippen molar-refractivity contribution < 1.29 is 4.42 Å². The summed E-state index contributed by atoms with van der Waals surface area (Å²) in [5.74, 6) is 1.96. The second-order valence-corrected chi connectivity index (χ2v) is 17.4. The predicted octanol–water partition coefficient (Wildman–Crippen LogP) is 15.2. The molecule has 1 aliphatic rings. The van der Waals surface area contributed by atoms with E-state index in [0.29, 0.717) is 17.5 Å². The van der Waals surface area contributed by atoms with Gasteiger partial charge in [0.05, 0.1) is 5.41 Å². The second kappa shape index (κ2) is 14.0. The number of hydrogen-bond donors (Lipinski definition) is 0. The van der Waals surface area contributed by atoms with E-state index < -0.39 is 5.41 Å². The van der Waals surface area contributed by atoms with Gasteiger partial charge in [-0.1, -0.05) is 170 Å². The Morgan fingerprint density at radius 2 is 0.825 bits per heavy atom. The maximum Gasteiger partial charge on any atom is 0.164 e. The highest BCUT2D eigenvalue weighted by molar-refractivity contribution is 7.25. The van der Waals surface area contributed by atoms with Gasteiger partial charge in [-0.3, -0.25) is 0 Å². The summed E-state index contributed by atoms with van der Waals surface area (Å²) in [6.45, 7) is 0. The first-order chi connectivity index (χ1) is 31.2. The number of thiophene rings is 1. The molecular formula is C58H35N3OS. The van der Waals surface area contributed by atoms with E-state index in [2.05, 4.69) is 146 Å². The van der Waals surface area contributed by atoms with E-state index in [-0.39, 0.29) is 0 Å². The summed E-state index contributed by atoms with van der Waals surface area (Å²) in [4.78, 5) is 15.0. The number of rotatable bonds is 6. The van der Waals surface area contributed by atoms with Crippen LogP contribution in [0.15, 0.2) is 217 Å². The Kier molecular flexibility index (Phi) is 7.96. The summed E-state index contributed by atoms with van der Waals surface area (Å²) in [5, 5.41) is 4.67. The number of benzene rings is 9. The second-order valence-electron chi connectivity index (χ2n) is 16.3. The van der Waals surface area contributed by atoms with Crippen LogP contribution in [-0.2, 0) is 5.41 Å². The SMILES string of the molecule is c1ccc(-c2nc(-c3ccccc3)nc(-c3ccc4sc5ccc(-c6ccc(C7(c8ccc9c(c8)oc8ccccc89)c8ccccc8-c8ccccc87)cc6)cc5c4c3)n2)cc1. The third-order valence-corrected chi connectivity index (χ3v) is 14.0. The molecule has 12 aromatic rings. The van der Waals surface area contributed by atoms with Gasteiger partial charge in [0.15, 0.2) is 17.5 Å². The number of nitrogens with zero attached hydrogens (tertiary/aromatic N) is 3. The standard InChI is InChI=1S/C58H35N3OS/c1-3-13-37(14-4-1)55-59-56(38-15-5-2-6-16-38)61-57(60-55)40-26-32-54-48(34-40)47-33-39(25-31-53(47)63-54)36-23-27-41(28-24-36)58(49-20-10-7-17-43(49)44-18-8-11-21-50(44)58)42-29-30-46-45-19-9-12-22-51(45)62-52(46)35-42/h1-35H. The molecule has 294 valence electrons. The summed E-state index contributed by atoms with van der Waals surface area (Å²) >= 11 is 1.81. The van der Waals surface area contributed by atoms with Crippen LogP contribution in [0.5, 0.6) is 0 Å². The average Bonchev–Trinajstić information content (AvgIpc) is 4.02. The molecule has 3 heterocycles. The molecule has 4 nitrogen and oxygen atoms in total. The Bertz CT molecular complexity index is 3640. The maximum absolute atomic E-state index is 6.52. The van der Waals surface area contributed by atoms with E-state index in [9.17, 15) is 0 Å². The molecule has 63 heavy (non-hydrogen) atoms. The Labute approximate surface area is 367 Å².